The molecule has 1 radical (unpaired) electrons. The molecule has 0 saturated carbocycles. The van der Waals surface area contributed by atoms with E-state index in [9.17, 15) is 8.78 Å². The molecule has 0 spiro atoms. The SMILES string of the molecule is Nc1ccc(-c2cc[c]c(F)c2F)c(Cl)c1. The Balaban J connectivity index is 2.63. The van der Waals surface area contributed by atoms with Gasteiger partial charge in [0.05, 0.1) is 5.02 Å². The third-order valence-corrected chi connectivity index (χ3v) is 2.49. The van der Waals surface area contributed by atoms with E-state index in [4.69, 9.17) is 17.3 Å². The zero-order valence-corrected chi connectivity index (χ0v) is 8.85. The van der Waals surface area contributed by atoms with Gasteiger partial charge in [-0.1, -0.05) is 29.8 Å². The standard InChI is InChI=1S/C12H7ClF2N/c13-10-6-7(16)4-5-8(10)9-2-1-3-11(14)12(9)15/h1-2,4-6H,16H2. The first kappa shape index (κ1) is 10.9. The van der Waals surface area contributed by atoms with Crippen molar-refractivity contribution in [2.45, 2.75) is 0 Å². The normalized spacial score (nSPS) is 10.4. The Morgan fingerprint density at radius 1 is 1.12 bits per heavy atom. The number of nitrogen functional groups attached to an aromatic ring is 1. The molecule has 0 aliphatic rings. The van der Waals surface area contributed by atoms with Crippen LogP contribution in [-0.2, 0) is 0 Å². The number of nitrogens with two attached hydrogens (primary N) is 1. The van der Waals surface area contributed by atoms with Crippen LogP contribution in [0.15, 0.2) is 30.3 Å². The van der Waals surface area contributed by atoms with Crippen LogP contribution in [0.5, 0.6) is 0 Å². The predicted molar refractivity (Wildman–Crippen MR) is 60.1 cm³/mol. The van der Waals surface area contributed by atoms with Gasteiger partial charge in [0.2, 0.25) is 0 Å². The highest BCUT2D eigenvalue weighted by atomic mass is 35.5. The largest absolute Gasteiger partial charge is 0.399 e. The maximum Gasteiger partial charge on any atom is 0.167 e. The second-order valence-corrected chi connectivity index (χ2v) is 3.67. The van der Waals surface area contributed by atoms with Crippen molar-refractivity contribution in [3.8, 4) is 11.1 Å². The summed E-state index contributed by atoms with van der Waals surface area (Å²) in [6, 6.07) is 9.47. The van der Waals surface area contributed by atoms with Gasteiger partial charge < -0.3 is 5.73 Å². The van der Waals surface area contributed by atoms with Gasteiger partial charge in [-0.15, -0.1) is 0 Å². The topological polar surface area (TPSA) is 26.0 Å². The minimum atomic E-state index is -1.02. The van der Waals surface area contributed by atoms with Gasteiger partial charge in [0.25, 0.3) is 0 Å². The molecule has 0 saturated heterocycles. The molecule has 0 bridgehead atoms. The van der Waals surface area contributed by atoms with Crippen LogP contribution in [0.2, 0.25) is 5.02 Å². The summed E-state index contributed by atoms with van der Waals surface area (Å²) in [5.74, 6) is -1.99. The Kier molecular flexibility index (Phi) is 2.79. The molecule has 4 heteroatoms. The molecule has 0 aliphatic carbocycles. The van der Waals surface area contributed by atoms with Gasteiger partial charge >= 0.3 is 0 Å². The van der Waals surface area contributed by atoms with Crippen LogP contribution in [0, 0.1) is 17.7 Å². The summed E-state index contributed by atoms with van der Waals surface area (Å²) >= 11 is 5.91. The Hall–Kier alpha value is -1.61. The van der Waals surface area contributed by atoms with E-state index in [2.05, 4.69) is 6.07 Å². The van der Waals surface area contributed by atoms with Crippen LogP contribution in [-0.4, -0.2) is 0 Å². The van der Waals surface area contributed by atoms with Crippen LogP contribution < -0.4 is 5.73 Å². The van der Waals surface area contributed by atoms with Gasteiger partial charge in [-0.05, 0) is 12.1 Å². The molecule has 0 aliphatic heterocycles. The Morgan fingerprint density at radius 2 is 1.88 bits per heavy atom. The van der Waals surface area contributed by atoms with Crippen molar-refractivity contribution in [1.82, 2.24) is 0 Å². The summed E-state index contributed by atoms with van der Waals surface area (Å²) in [5, 5.41) is 0.282. The number of hydrogen-bond acceptors (Lipinski definition) is 1. The summed E-state index contributed by atoms with van der Waals surface area (Å²) in [6.45, 7) is 0. The van der Waals surface area contributed by atoms with Crippen LogP contribution in [0.25, 0.3) is 11.1 Å². The van der Waals surface area contributed by atoms with Gasteiger partial charge in [0, 0.05) is 22.9 Å². The highest BCUT2D eigenvalue weighted by Gasteiger charge is 2.12. The van der Waals surface area contributed by atoms with Crippen molar-refractivity contribution in [1.29, 1.82) is 0 Å². The number of benzene rings is 2. The first-order valence-corrected chi connectivity index (χ1v) is 4.88. The lowest BCUT2D eigenvalue weighted by Gasteiger charge is -2.06. The lowest BCUT2D eigenvalue weighted by atomic mass is 10.0. The average molecular weight is 239 g/mol. The molecule has 2 aromatic rings. The number of hydrogen-bond donors (Lipinski definition) is 1. The quantitative estimate of drug-likeness (QED) is 0.754. The first-order chi connectivity index (χ1) is 7.59. The summed E-state index contributed by atoms with van der Waals surface area (Å²) in [4.78, 5) is 0. The molecular formula is C12H7ClF2N. The third kappa shape index (κ3) is 1.86. The van der Waals surface area contributed by atoms with E-state index < -0.39 is 11.6 Å². The zero-order valence-electron chi connectivity index (χ0n) is 8.10. The molecule has 0 unspecified atom stereocenters. The van der Waals surface area contributed by atoms with E-state index in [1.165, 1.54) is 18.2 Å². The van der Waals surface area contributed by atoms with E-state index in [0.29, 0.717) is 11.3 Å². The van der Waals surface area contributed by atoms with Crippen molar-refractivity contribution in [3.63, 3.8) is 0 Å². The monoisotopic (exact) mass is 238 g/mol. The van der Waals surface area contributed by atoms with Gasteiger partial charge in [0.15, 0.2) is 11.6 Å². The van der Waals surface area contributed by atoms with Gasteiger partial charge in [0.1, 0.15) is 0 Å². The third-order valence-electron chi connectivity index (χ3n) is 2.17. The van der Waals surface area contributed by atoms with E-state index in [0.717, 1.165) is 0 Å². The molecule has 0 heterocycles. The van der Waals surface area contributed by atoms with Crippen molar-refractivity contribution < 1.29 is 8.78 Å². The molecule has 81 valence electrons. The van der Waals surface area contributed by atoms with Crippen molar-refractivity contribution >= 4 is 17.3 Å². The van der Waals surface area contributed by atoms with Gasteiger partial charge in [-0.25, -0.2) is 8.78 Å². The Bertz CT molecular complexity index is 541. The fraction of sp³-hybridized carbons (Fsp3) is 0. The molecule has 0 fully saturated rings. The predicted octanol–water partition coefficient (Wildman–Crippen LogP) is 3.67. The van der Waals surface area contributed by atoms with Crippen LogP contribution in [0.4, 0.5) is 14.5 Å². The van der Waals surface area contributed by atoms with Crippen molar-refractivity contribution in [2.75, 3.05) is 5.73 Å². The second kappa shape index (κ2) is 4.10. The molecule has 2 N–H and O–H groups in total. The van der Waals surface area contributed by atoms with E-state index >= 15 is 0 Å². The number of anilines is 1. The van der Waals surface area contributed by atoms with Crippen LogP contribution in [0.3, 0.4) is 0 Å². The molecular weight excluding hydrogens is 232 g/mol. The number of rotatable bonds is 1. The van der Waals surface area contributed by atoms with Crippen molar-refractivity contribution in [3.05, 3.63) is 53.1 Å². The zero-order chi connectivity index (χ0) is 11.7. The van der Waals surface area contributed by atoms with Crippen molar-refractivity contribution in [2.24, 2.45) is 0 Å². The molecule has 0 amide bonds. The van der Waals surface area contributed by atoms with Gasteiger partial charge in [-0.3, -0.25) is 0 Å². The van der Waals surface area contributed by atoms with Crippen LogP contribution >= 0.6 is 11.6 Å². The molecule has 16 heavy (non-hydrogen) atoms. The molecule has 0 aromatic heterocycles. The lowest BCUT2D eigenvalue weighted by molar-refractivity contribution is 0.509. The maximum atomic E-state index is 13.5. The fourth-order valence-electron chi connectivity index (χ4n) is 1.41. The van der Waals surface area contributed by atoms with Gasteiger partial charge in [-0.2, -0.15) is 0 Å². The minimum absolute atomic E-state index is 0.0984. The molecule has 0 atom stereocenters. The summed E-state index contributed by atoms with van der Waals surface area (Å²) < 4.78 is 26.4. The lowest BCUT2D eigenvalue weighted by Crippen LogP contribution is -1.91. The Morgan fingerprint density at radius 3 is 2.56 bits per heavy atom. The maximum absolute atomic E-state index is 13.5. The summed E-state index contributed by atoms with van der Waals surface area (Å²) in [7, 11) is 0. The smallest absolute Gasteiger partial charge is 0.167 e. The second-order valence-electron chi connectivity index (χ2n) is 3.26. The molecule has 2 rings (SSSR count). The number of halogens is 3. The minimum Gasteiger partial charge on any atom is -0.399 e. The molecule has 2 aromatic carbocycles. The summed E-state index contributed by atoms with van der Waals surface area (Å²) in [6.07, 6.45) is 0. The Labute approximate surface area is 96.5 Å². The summed E-state index contributed by atoms with van der Waals surface area (Å²) in [5.41, 5.74) is 6.49. The van der Waals surface area contributed by atoms with Crippen LogP contribution in [0.1, 0.15) is 0 Å². The highest BCUT2D eigenvalue weighted by Crippen LogP contribution is 2.31. The fourth-order valence-corrected chi connectivity index (χ4v) is 1.70. The first-order valence-electron chi connectivity index (χ1n) is 4.50. The molecule has 1 nitrogen and oxygen atoms in total. The van der Waals surface area contributed by atoms with E-state index in [-0.39, 0.29) is 10.6 Å². The highest BCUT2D eigenvalue weighted by molar-refractivity contribution is 6.33. The van der Waals surface area contributed by atoms with E-state index in [1.807, 2.05) is 0 Å². The average Bonchev–Trinajstić information content (AvgIpc) is 2.23. The van der Waals surface area contributed by atoms with E-state index in [1.54, 1.807) is 12.1 Å².